The number of carbonyl (C=O) groups is 1. The quantitative estimate of drug-likeness (QED) is 0.834. The lowest BCUT2D eigenvalue weighted by Gasteiger charge is -2.10. The predicted molar refractivity (Wildman–Crippen MR) is 91.8 cm³/mol. The number of nitrogens with one attached hydrogen (secondary N) is 1. The van der Waals surface area contributed by atoms with Gasteiger partial charge in [-0.3, -0.25) is 4.57 Å². The van der Waals surface area contributed by atoms with Crippen molar-refractivity contribution in [2.45, 2.75) is 45.8 Å². The highest BCUT2D eigenvalue weighted by Gasteiger charge is 2.30. The number of rotatable bonds is 4. The highest BCUT2D eigenvalue weighted by atomic mass is 32.1. The Morgan fingerprint density at radius 1 is 1.32 bits per heavy atom. The number of amides is 2. The minimum absolute atomic E-state index is 0.0156. The van der Waals surface area contributed by atoms with Gasteiger partial charge in [0.15, 0.2) is 4.80 Å². The van der Waals surface area contributed by atoms with Crippen LogP contribution in [0.1, 0.15) is 37.1 Å². The van der Waals surface area contributed by atoms with Crippen LogP contribution < -0.4 is 10.1 Å². The third kappa shape index (κ3) is 5.19. The molecule has 8 heteroatoms. The van der Waals surface area contributed by atoms with Crippen LogP contribution in [-0.2, 0) is 6.18 Å². The maximum atomic E-state index is 12.7. The first-order valence-electron chi connectivity index (χ1n) is 7.92. The molecule has 1 aromatic carbocycles. The second-order valence-electron chi connectivity index (χ2n) is 5.79. The van der Waals surface area contributed by atoms with Crippen LogP contribution in [0.5, 0.6) is 0 Å². The Bertz CT molecular complexity index is 791. The number of alkyl halides is 3. The van der Waals surface area contributed by atoms with E-state index in [0.717, 1.165) is 29.9 Å². The molecular weight excluding hydrogens is 351 g/mol. The third-order valence-corrected chi connectivity index (χ3v) is 4.43. The molecule has 1 atom stereocenters. The Morgan fingerprint density at radius 3 is 2.52 bits per heavy atom. The molecule has 1 aromatic heterocycles. The van der Waals surface area contributed by atoms with Gasteiger partial charge in [0.2, 0.25) is 0 Å². The van der Waals surface area contributed by atoms with Crippen LogP contribution in [0.25, 0.3) is 5.69 Å². The van der Waals surface area contributed by atoms with Crippen molar-refractivity contribution >= 4 is 17.4 Å². The van der Waals surface area contributed by atoms with Crippen LogP contribution in [0.15, 0.2) is 35.5 Å². The summed E-state index contributed by atoms with van der Waals surface area (Å²) in [6.07, 6.45) is -0.833. The van der Waals surface area contributed by atoms with Crippen LogP contribution in [0.4, 0.5) is 18.0 Å². The molecule has 2 rings (SSSR count). The molecule has 25 heavy (non-hydrogen) atoms. The summed E-state index contributed by atoms with van der Waals surface area (Å²) >= 11 is 1.30. The van der Waals surface area contributed by atoms with Crippen molar-refractivity contribution in [1.29, 1.82) is 0 Å². The van der Waals surface area contributed by atoms with Gasteiger partial charge in [0.05, 0.1) is 5.56 Å². The number of urea groups is 1. The summed E-state index contributed by atoms with van der Waals surface area (Å²) in [6.45, 7) is 5.78. The van der Waals surface area contributed by atoms with E-state index >= 15 is 0 Å². The van der Waals surface area contributed by atoms with E-state index in [1.54, 1.807) is 10.8 Å². The van der Waals surface area contributed by atoms with Crippen LogP contribution in [0, 0.1) is 6.92 Å². The maximum Gasteiger partial charge on any atom is 0.416 e. The Labute approximate surface area is 148 Å². The van der Waals surface area contributed by atoms with Crippen LogP contribution in [0.3, 0.4) is 0 Å². The van der Waals surface area contributed by atoms with Crippen molar-refractivity contribution in [3.63, 3.8) is 0 Å². The fourth-order valence-corrected chi connectivity index (χ4v) is 3.20. The summed E-state index contributed by atoms with van der Waals surface area (Å²) in [5.41, 5.74) is -0.195. The fourth-order valence-electron chi connectivity index (χ4n) is 2.36. The smallest absolute Gasteiger partial charge is 0.334 e. The molecule has 1 unspecified atom stereocenters. The normalized spacial score (nSPS) is 13.8. The maximum absolute atomic E-state index is 12.7. The molecule has 2 aromatic rings. The molecule has 0 saturated carbocycles. The van der Waals surface area contributed by atoms with Gasteiger partial charge in [0.25, 0.3) is 0 Å². The van der Waals surface area contributed by atoms with Crippen LogP contribution in [-0.4, -0.2) is 16.6 Å². The summed E-state index contributed by atoms with van der Waals surface area (Å²) < 4.78 is 39.7. The van der Waals surface area contributed by atoms with Gasteiger partial charge in [0.1, 0.15) is 0 Å². The molecule has 0 fully saturated rings. The number of aryl methyl sites for hydroxylation is 1. The van der Waals surface area contributed by atoms with Crippen LogP contribution >= 0.6 is 11.3 Å². The fraction of sp³-hybridized carbons (Fsp3) is 0.412. The average Bonchev–Trinajstić information content (AvgIpc) is 2.87. The second kappa shape index (κ2) is 7.86. The van der Waals surface area contributed by atoms with E-state index in [1.165, 1.54) is 23.5 Å². The zero-order valence-electron chi connectivity index (χ0n) is 14.2. The van der Waals surface area contributed by atoms with E-state index < -0.39 is 17.8 Å². The molecular formula is C17H20F3N3OS. The number of carbonyl (C=O) groups excluding carboxylic acids is 1. The number of benzene rings is 1. The second-order valence-corrected chi connectivity index (χ2v) is 7.00. The lowest BCUT2D eigenvalue weighted by Crippen LogP contribution is -2.31. The number of aromatic nitrogens is 1. The minimum atomic E-state index is -4.38. The van der Waals surface area contributed by atoms with Gasteiger partial charge in [-0.25, -0.2) is 4.79 Å². The Morgan fingerprint density at radius 2 is 1.96 bits per heavy atom. The standard InChI is InChI=1S/C17H20F3N3OS/c1-4-5-11(2)21-15(24)22-16-23(10-12(3)25-16)14-8-6-13(7-9-14)17(18,19)20/h6-11H,4-5H2,1-3H3,(H,21,24)/b22-16-. The van der Waals surface area contributed by atoms with Gasteiger partial charge in [0, 0.05) is 22.8 Å². The number of hydrogen-bond acceptors (Lipinski definition) is 2. The zero-order chi connectivity index (χ0) is 18.6. The summed E-state index contributed by atoms with van der Waals surface area (Å²) in [4.78, 5) is 17.4. The topological polar surface area (TPSA) is 46.4 Å². The molecule has 1 heterocycles. The number of thiazole rings is 1. The number of halogens is 3. The lowest BCUT2D eigenvalue weighted by molar-refractivity contribution is -0.137. The van der Waals surface area contributed by atoms with E-state index in [4.69, 9.17) is 0 Å². The lowest BCUT2D eigenvalue weighted by atomic mass is 10.2. The SMILES string of the molecule is CCCC(C)NC(=O)/N=c1\sc(C)cn1-c1ccc(C(F)(F)F)cc1. The average molecular weight is 371 g/mol. The van der Waals surface area contributed by atoms with E-state index in [2.05, 4.69) is 10.3 Å². The van der Waals surface area contributed by atoms with Crippen molar-refractivity contribution in [3.05, 3.63) is 45.7 Å². The van der Waals surface area contributed by atoms with E-state index in [-0.39, 0.29) is 6.04 Å². The van der Waals surface area contributed by atoms with Crippen LogP contribution in [0.2, 0.25) is 0 Å². The highest BCUT2D eigenvalue weighted by Crippen LogP contribution is 2.29. The van der Waals surface area contributed by atoms with Crippen molar-refractivity contribution in [2.24, 2.45) is 4.99 Å². The molecule has 0 bridgehead atoms. The monoisotopic (exact) mass is 371 g/mol. The summed E-state index contributed by atoms with van der Waals surface area (Å²) in [5.74, 6) is 0. The molecule has 2 amide bonds. The molecule has 0 aliphatic rings. The largest absolute Gasteiger partial charge is 0.416 e. The van der Waals surface area contributed by atoms with Crippen molar-refractivity contribution < 1.29 is 18.0 Å². The summed E-state index contributed by atoms with van der Waals surface area (Å²) in [6, 6.07) is 4.33. The van der Waals surface area contributed by atoms with Crippen molar-refractivity contribution in [1.82, 2.24) is 9.88 Å². The first-order valence-corrected chi connectivity index (χ1v) is 8.74. The first-order chi connectivity index (χ1) is 11.7. The molecule has 0 saturated heterocycles. The molecule has 0 aliphatic heterocycles. The Hall–Kier alpha value is -2.09. The summed E-state index contributed by atoms with van der Waals surface area (Å²) in [7, 11) is 0. The van der Waals surface area contributed by atoms with Gasteiger partial charge in [-0.1, -0.05) is 13.3 Å². The molecule has 0 spiro atoms. The van der Waals surface area contributed by atoms with E-state index in [9.17, 15) is 18.0 Å². The van der Waals surface area contributed by atoms with Crippen molar-refractivity contribution in [3.8, 4) is 5.69 Å². The first kappa shape index (κ1) is 19.2. The zero-order valence-corrected chi connectivity index (χ0v) is 15.0. The molecule has 0 aliphatic carbocycles. The highest BCUT2D eigenvalue weighted by molar-refractivity contribution is 7.09. The molecule has 1 N–H and O–H groups in total. The Balaban J connectivity index is 2.31. The van der Waals surface area contributed by atoms with Crippen molar-refractivity contribution in [2.75, 3.05) is 0 Å². The van der Waals surface area contributed by atoms with Gasteiger partial charge in [-0.05, 0) is 44.5 Å². The molecule has 4 nitrogen and oxygen atoms in total. The number of hydrogen-bond donors (Lipinski definition) is 1. The van der Waals surface area contributed by atoms with Gasteiger partial charge in [-0.2, -0.15) is 18.2 Å². The number of nitrogens with zero attached hydrogens (tertiary/aromatic N) is 2. The predicted octanol–water partition coefficient (Wildman–Crippen LogP) is 4.66. The van der Waals surface area contributed by atoms with E-state index in [1.807, 2.05) is 20.8 Å². The van der Waals surface area contributed by atoms with Gasteiger partial charge >= 0.3 is 12.2 Å². The minimum Gasteiger partial charge on any atom is -0.334 e. The Kier molecular flexibility index (Phi) is 6.05. The molecule has 0 radical (unpaired) electrons. The van der Waals surface area contributed by atoms with E-state index in [0.29, 0.717) is 10.5 Å². The summed E-state index contributed by atoms with van der Waals surface area (Å²) in [5, 5.41) is 2.79. The van der Waals surface area contributed by atoms with Gasteiger partial charge in [-0.15, -0.1) is 11.3 Å². The van der Waals surface area contributed by atoms with Gasteiger partial charge < -0.3 is 5.32 Å². The third-order valence-electron chi connectivity index (χ3n) is 3.53. The molecule has 136 valence electrons.